The average Bonchev–Trinajstić information content (AvgIpc) is 2.78. The number of hydrogen-bond acceptors (Lipinski definition) is 3. The fourth-order valence-corrected chi connectivity index (χ4v) is 3.91. The van der Waals surface area contributed by atoms with Gasteiger partial charge in [-0.05, 0) is 40.5 Å². The van der Waals surface area contributed by atoms with Gasteiger partial charge in [0, 0.05) is 44.7 Å². The SMILES string of the molecule is O=C(CCNC(=O)c1ccc2ccccc2c1)NCCN1CCc2ccccc2C1. The molecule has 30 heavy (non-hydrogen) atoms. The predicted octanol–water partition coefficient (Wildman–Crippen LogP) is 3.13. The van der Waals surface area contributed by atoms with Crippen LogP contribution in [0.15, 0.2) is 66.7 Å². The van der Waals surface area contributed by atoms with Gasteiger partial charge in [-0.15, -0.1) is 0 Å². The fourth-order valence-electron chi connectivity index (χ4n) is 3.91. The summed E-state index contributed by atoms with van der Waals surface area (Å²) in [5, 5.41) is 7.93. The molecule has 0 unspecified atom stereocenters. The predicted molar refractivity (Wildman–Crippen MR) is 119 cm³/mol. The van der Waals surface area contributed by atoms with Gasteiger partial charge in [-0.3, -0.25) is 14.5 Å². The first-order chi connectivity index (χ1) is 14.7. The quantitative estimate of drug-likeness (QED) is 0.639. The number of nitrogens with one attached hydrogen (secondary N) is 2. The maximum Gasteiger partial charge on any atom is 0.251 e. The Labute approximate surface area is 177 Å². The summed E-state index contributed by atoms with van der Waals surface area (Å²) in [5.41, 5.74) is 3.42. The van der Waals surface area contributed by atoms with Crippen molar-refractivity contribution >= 4 is 22.6 Å². The minimum absolute atomic E-state index is 0.0359. The second-order valence-corrected chi connectivity index (χ2v) is 7.71. The molecule has 2 amide bonds. The highest BCUT2D eigenvalue weighted by molar-refractivity contribution is 5.98. The Bertz CT molecular complexity index is 1050. The lowest BCUT2D eigenvalue weighted by atomic mass is 10.00. The molecule has 5 nitrogen and oxygen atoms in total. The maximum absolute atomic E-state index is 12.3. The molecule has 0 bridgehead atoms. The smallest absolute Gasteiger partial charge is 0.251 e. The van der Waals surface area contributed by atoms with Crippen LogP contribution in [0.25, 0.3) is 10.8 Å². The third-order valence-electron chi connectivity index (χ3n) is 5.61. The van der Waals surface area contributed by atoms with E-state index < -0.39 is 0 Å². The minimum atomic E-state index is -0.152. The largest absolute Gasteiger partial charge is 0.355 e. The Morgan fingerprint density at radius 3 is 2.47 bits per heavy atom. The molecule has 0 saturated carbocycles. The first kappa shape index (κ1) is 20.1. The zero-order valence-corrected chi connectivity index (χ0v) is 17.1. The molecular weight excluding hydrogens is 374 g/mol. The van der Waals surface area contributed by atoms with Gasteiger partial charge in [-0.25, -0.2) is 0 Å². The van der Waals surface area contributed by atoms with Crippen molar-refractivity contribution in [2.45, 2.75) is 19.4 Å². The van der Waals surface area contributed by atoms with Crippen LogP contribution in [0.1, 0.15) is 27.9 Å². The molecule has 0 fully saturated rings. The van der Waals surface area contributed by atoms with Gasteiger partial charge in [0.2, 0.25) is 5.91 Å². The normalized spacial score (nSPS) is 13.6. The van der Waals surface area contributed by atoms with Crippen molar-refractivity contribution < 1.29 is 9.59 Å². The number of benzene rings is 3. The molecule has 2 N–H and O–H groups in total. The van der Waals surface area contributed by atoms with Gasteiger partial charge in [0.1, 0.15) is 0 Å². The average molecular weight is 402 g/mol. The summed E-state index contributed by atoms with van der Waals surface area (Å²) >= 11 is 0. The molecule has 0 aromatic heterocycles. The van der Waals surface area contributed by atoms with E-state index in [1.54, 1.807) is 0 Å². The molecule has 5 heteroatoms. The van der Waals surface area contributed by atoms with E-state index in [1.807, 2.05) is 42.5 Å². The van der Waals surface area contributed by atoms with E-state index in [4.69, 9.17) is 0 Å². The summed E-state index contributed by atoms with van der Waals surface area (Å²) in [6.07, 6.45) is 1.34. The van der Waals surface area contributed by atoms with Crippen molar-refractivity contribution in [3.8, 4) is 0 Å². The van der Waals surface area contributed by atoms with Crippen LogP contribution in [-0.2, 0) is 17.8 Å². The van der Waals surface area contributed by atoms with Crippen LogP contribution in [0.3, 0.4) is 0 Å². The molecule has 154 valence electrons. The van der Waals surface area contributed by atoms with Gasteiger partial charge in [-0.1, -0.05) is 54.6 Å². The highest BCUT2D eigenvalue weighted by Gasteiger charge is 2.15. The summed E-state index contributed by atoms with van der Waals surface area (Å²) in [4.78, 5) is 26.8. The minimum Gasteiger partial charge on any atom is -0.355 e. The van der Waals surface area contributed by atoms with Crippen LogP contribution in [0.5, 0.6) is 0 Å². The monoisotopic (exact) mass is 401 g/mol. The molecule has 1 aliphatic rings. The summed E-state index contributed by atoms with van der Waals surface area (Å²) in [7, 11) is 0. The van der Waals surface area contributed by atoms with E-state index in [0.717, 1.165) is 36.8 Å². The Hall–Kier alpha value is -3.18. The third-order valence-corrected chi connectivity index (χ3v) is 5.61. The molecule has 1 heterocycles. The first-order valence-corrected chi connectivity index (χ1v) is 10.5. The Kier molecular flexibility index (Phi) is 6.40. The maximum atomic E-state index is 12.3. The highest BCUT2D eigenvalue weighted by Crippen LogP contribution is 2.18. The van der Waals surface area contributed by atoms with Gasteiger partial charge < -0.3 is 10.6 Å². The number of amides is 2. The molecule has 1 aliphatic heterocycles. The zero-order valence-electron chi connectivity index (χ0n) is 17.1. The second kappa shape index (κ2) is 9.55. The van der Waals surface area contributed by atoms with E-state index in [9.17, 15) is 9.59 Å². The van der Waals surface area contributed by atoms with Crippen LogP contribution in [0, 0.1) is 0 Å². The van der Waals surface area contributed by atoms with Crippen molar-refractivity contribution in [3.63, 3.8) is 0 Å². The van der Waals surface area contributed by atoms with E-state index in [0.29, 0.717) is 18.7 Å². The highest BCUT2D eigenvalue weighted by atomic mass is 16.2. The van der Waals surface area contributed by atoms with E-state index >= 15 is 0 Å². The van der Waals surface area contributed by atoms with Crippen LogP contribution >= 0.6 is 0 Å². The number of nitrogens with zero attached hydrogens (tertiary/aromatic N) is 1. The summed E-state index contributed by atoms with van der Waals surface area (Å²) in [6.45, 7) is 3.75. The number of rotatable bonds is 7. The lowest BCUT2D eigenvalue weighted by molar-refractivity contribution is -0.121. The molecule has 0 saturated heterocycles. The fraction of sp³-hybridized carbons (Fsp3) is 0.280. The van der Waals surface area contributed by atoms with Gasteiger partial charge in [-0.2, -0.15) is 0 Å². The summed E-state index contributed by atoms with van der Waals surface area (Å²) in [6, 6.07) is 22.1. The molecule has 3 aromatic carbocycles. The van der Waals surface area contributed by atoms with Crippen molar-refractivity contribution in [2.24, 2.45) is 0 Å². The van der Waals surface area contributed by atoms with Crippen molar-refractivity contribution in [3.05, 3.63) is 83.4 Å². The topological polar surface area (TPSA) is 61.4 Å². The second-order valence-electron chi connectivity index (χ2n) is 7.71. The van der Waals surface area contributed by atoms with Gasteiger partial charge in [0.25, 0.3) is 5.91 Å². The van der Waals surface area contributed by atoms with Crippen LogP contribution in [0.4, 0.5) is 0 Å². The lowest BCUT2D eigenvalue weighted by Crippen LogP contribution is -2.38. The van der Waals surface area contributed by atoms with Crippen LogP contribution in [0.2, 0.25) is 0 Å². The molecule has 0 atom stereocenters. The Balaban J connectivity index is 1.16. The first-order valence-electron chi connectivity index (χ1n) is 10.5. The van der Waals surface area contributed by atoms with Crippen molar-refractivity contribution in [1.29, 1.82) is 0 Å². The van der Waals surface area contributed by atoms with Crippen molar-refractivity contribution in [2.75, 3.05) is 26.2 Å². The number of hydrogen-bond donors (Lipinski definition) is 2. The molecule has 3 aromatic rings. The van der Waals surface area contributed by atoms with Gasteiger partial charge >= 0.3 is 0 Å². The van der Waals surface area contributed by atoms with E-state index in [1.165, 1.54) is 11.1 Å². The van der Waals surface area contributed by atoms with Crippen LogP contribution < -0.4 is 10.6 Å². The summed E-state index contributed by atoms with van der Waals surface area (Å²) in [5.74, 6) is -0.188. The number of fused-ring (bicyclic) bond motifs is 2. The summed E-state index contributed by atoms with van der Waals surface area (Å²) < 4.78 is 0. The van der Waals surface area contributed by atoms with Gasteiger partial charge in [0.05, 0.1) is 0 Å². The number of carbonyl (C=O) groups excluding carboxylic acids is 2. The van der Waals surface area contributed by atoms with E-state index in [2.05, 4.69) is 39.8 Å². The molecular formula is C25H27N3O2. The molecule has 0 aliphatic carbocycles. The lowest BCUT2D eigenvalue weighted by Gasteiger charge is -2.28. The third kappa shape index (κ3) is 5.05. The van der Waals surface area contributed by atoms with E-state index in [-0.39, 0.29) is 18.2 Å². The van der Waals surface area contributed by atoms with Crippen molar-refractivity contribution in [1.82, 2.24) is 15.5 Å². The number of carbonyl (C=O) groups is 2. The van der Waals surface area contributed by atoms with Gasteiger partial charge in [0.15, 0.2) is 0 Å². The molecule has 0 spiro atoms. The Morgan fingerprint density at radius 2 is 1.60 bits per heavy atom. The Morgan fingerprint density at radius 1 is 0.833 bits per heavy atom. The zero-order chi connectivity index (χ0) is 20.8. The molecule has 0 radical (unpaired) electrons. The molecule has 4 rings (SSSR count). The standard InChI is InChI=1S/C25H27N3O2/c29-24(26-14-16-28-15-12-20-6-2-4-8-23(20)18-28)11-13-27-25(30)22-10-9-19-5-1-3-7-21(19)17-22/h1-10,17H,11-16,18H2,(H,26,29)(H,27,30). The van der Waals surface area contributed by atoms with Crippen LogP contribution in [-0.4, -0.2) is 42.9 Å².